The molecule has 12 heavy (non-hydrogen) atoms. The van der Waals surface area contributed by atoms with E-state index < -0.39 is 0 Å². The fraction of sp³-hybridized carbons (Fsp3) is 1.00. The van der Waals surface area contributed by atoms with Gasteiger partial charge < -0.3 is 0 Å². The molecule has 1 rings (SSSR count). The first-order valence-corrected chi connectivity index (χ1v) is 6.25. The van der Waals surface area contributed by atoms with Crippen molar-refractivity contribution in [3.05, 3.63) is 0 Å². The number of hydrogen-bond acceptors (Lipinski definition) is 0. The summed E-state index contributed by atoms with van der Waals surface area (Å²) < 4.78 is 0. The minimum atomic E-state index is 0.703. The van der Waals surface area contributed by atoms with Crippen LogP contribution in [0.2, 0.25) is 0 Å². The van der Waals surface area contributed by atoms with Crippen molar-refractivity contribution < 1.29 is 0 Å². The number of alkyl halides is 1. The van der Waals surface area contributed by atoms with Crippen molar-refractivity contribution in [2.45, 2.75) is 57.2 Å². The van der Waals surface area contributed by atoms with E-state index in [4.69, 9.17) is 0 Å². The first-order chi connectivity index (χ1) is 5.70. The lowest BCUT2D eigenvalue weighted by molar-refractivity contribution is 0.253. The molecule has 0 amide bonds. The predicted octanol–water partition coefficient (Wildman–Crippen LogP) is 4.38. The zero-order valence-electron chi connectivity index (χ0n) is 8.35. The Balaban J connectivity index is 2.24. The molecule has 0 radical (unpaired) electrons. The van der Waals surface area contributed by atoms with Crippen molar-refractivity contribution in [2.75, 3.05) is 0 Å². The van der Waals surface area contributed by atoms with Gasteiger partial charge in [0.2, 0.25) is 0 Å². The molecule has 0 aromatic carbocycles. The van der Waals surface area contributed by atoms with E-state index >= 15 is 0 Å². The standard InChI is InChI=1S/C11H21Br/c1-9(8-10(2)12)11-6-4-3-5-7-11/h9-11H,3-8H2,1-2H3. The van der Waals surface area contributed by atoms with E-state index in [1.165, 1.54) is 38.5 Å². The smallest absolute Gasteiger partial charge is 0.0120 e. The average Bonchev–Trinajstić information content (AvgIpc) is 2.05. The molecule has 1 heteroatoms. The summed E-state index contributed by atoms with van der Waals surface area (Å²) in [5.41, 5.74) is 0. The fourth-order valence-electron chi connectivity index (χ4n) is 2.41. The van der Waals surface area contributed by atoms with Crippen LogP contribution in [0, 0.1) is 11.8 Å². The van der Waals surface area contributed by atoms with E-state index in [9.17, 15) is 0 Å². The average molecular weight is 233 g/mol. The number of halogens is 1. The molecule has 1 saturated carbocycles. The molecule has 0 saturated heterocycles. The molecular weight excluding hydrogens is 212 g/mol. The van der Waals surface area contributed by atoms with Crippen LogP contribution in [0.4, 0.5) is 0 Å². The van der Waals surface area contributed by atoms with E-state index in [0.29, 0.717) is 4.83 Å². The summed E-state index contributed by atoms with van der Waals surface area (Å²) in [5, 5.41) is 0. The second kappa shape index (κ2) is 5.26. The summed E-state index contributed by atoms with van der Waals surface area (Å²) in [6.45, 7) is 4.69. The summed E-state index contributed by atoms with van der Waals surface area (Å²) in [5.74, 6) is 1.96. The Morgan fingerprint density at radius 3 is 2.25 bits per heavy atom. The van der Waals surface area contributed by atoms with Crippen molar-refractivity contribution in [1.29, 1.82) is 0 Å². The molecule has 2 unspecified atom stereocenters. The van der Waals surface area contributed by atoms with Gasteiger partial charge in [0.1, 0.15) is 0 Å². The maximum atomic E-state index is 3.64. The van der Waals surface area contributed by atoms with Crippen LogP contribution in [0.1, 0.15) is 52.4 Å². The van der Waals surface area contributed by atoms with Gasteiger partial charge in [-0.3, -0.25) is 0 Å². The first kappa shape index (κ1) is 10.6. The van der Waals surface area contributed by atoms with Gasteiger partial charge in [-0.15, -0.1) is 0 Å². The third kappa shape index (κ3) is 3.47. The number of hydrogen-bond donors (Lipinski definition) is 0. The Kier molecular flexibility index (Phi) is 4.63. The highest BCUT2D eigenvalue weighted by Crippen LogP contribution is 2.32. The van der Waals surface area contributed by atoms with Gasteiger partial charge in [0.25, 0.3) is 0 Å². The summed E-state index contributed by atoms with van der Waals surface area (Å²) in [4.78, 5) is 0.703. The molecular formula is C11H21Br. The molecule has 2 atom stereocenters. The second-order valence-electron chi connectivity index (χ2n) is 4.39. The summed E-state index contributed by atoms with van der Waals surface area (Å²) in [6, 6.07) is 0. The summed E-state index contributed by atoms with van der Waals surface area (Å²) in [6.07, 6.45) is 8.76. The Labute approximate surface area is 85.3 Å². The summed E-state index contributed by atoms with van der Waals surface area (Å²) >= 11 is 3.64. The lowest BCUT2D eigenvalue weighted by Crippen LogP contribution is -2.17. The first-order valence-electron chi connectivity index (χ1n) is 5.34. The van der Waals surface area contributed by atoms with Crippen LogP contribution in [0.15, 0.2) is 0 Å². The van der Waals surface area contributed by atoms with Gasteiger partial charge in [-0.2, -0.15) is 0 Å². The van der Waals surface area contributed by atoms with Gasteiger partial charge in [-0.05, 0) is 18.3 Å². The zero-order valence-corrected chi connectivity index (χ0v) is 9.94. The Hall–Kier alpha value is 0.480. The topological polar surface area (TPSA) is 0 Å². The maximum Gasteiger partial charge on any atom is 0.0120 e. The van der Waals surface area contributed by atoms with Gasteiger partial charge in [-0.25, -0.2) is 0 Å². The lowest BCUT2D eigenvalue weighted by Gasteiger charge is -2.28. The third-order valence-corrected chi connectivity index (χ3v) is 3.52. The maximum absolute atomic E-state index is 3.64. The van der Waals surface area contributed by atoms with Crippen LogP contribution < -0.4 is 0 Å². The molecule has 0 N–H and O–H groups in total. The van der Waals surface area contributed by atoms with Gasteiger partial charge in [0, 0.05) is 4.83 Å². The highest BCUT2D eigenvalue weighted by molar-refractivity contribution is 9.09. The van der Waals surface area contributed by atoms with E-state index in [1.54, 1.807) is 0 Å². The summed E-state index contributed by atoms with van der Waals surface area (Å²) in [7, 11) is 0. The Bertz CT molecular complexity index is 114. The minimum Gasteiger partial charge on any atom is -0.0894 e. The quantitative estimate of drug-likeness (QED) is 0.634. The zero-order chi connectivity index (χ0) is 8.97. The van der Waals surface area contributed by atoms with Crippen molar-refractivity contribution in [2.24, 2.45) is 11.8 Å². The second-order valence-corrected chi connectivity index (χ2v) is 5.96. The fourth-order valence-corrected chi connectivity index (χ4v) is 3.00. The predicted molar refractivity (Wildman–Crippen MR) is 58.7 cm³/mol. The largest absolute Gasteiger partial charge is 0.0894 e. The van der Waals surface area contributed by atoms with Gasteiger partial charge >= 0.3 is 0 Å². The van der Waals surface area contributed by atoms with E-state index in [1.807, 2.05) is 0 Å². The van der Waals surface area contributed by atoms with Gasteiger partial charge in [-0.1, -0.05) is 61.9 Å². The molecule has 1 aliphatic rings. The van der Waals surface area contributed by atoms with Crippen LogP contribution in [-0.4, -0.2) is 4.83 Å². The minimum absolute atomic E-state index is 0.703. The lowest BCUT2D eigenvalue weighted by atomic mass is 9.79. The van der Waals surface area contributed by atoms with Crippen molar-refractivity contribution in [1.82, 2.24) is 0 Å². The van der Waals surface area contributed by atoms with E-state index in [-0.39, 0.29) is 0 Å². The van der Waals surface area contributed by atoms with E-state index in [2.05, 4.69) is 29.8 Å². The molecule has 0 bridgehead atoms. The van der Waals surface area contributed by atoms with Crippen molar-refractivity contribution in [3.8, 4) is 0 Å². The molecule has 1 fully saturated rings. The van der Waals surface area contributed by atoms with Gasteiger partial charge in [0.15, 0.2) is 0 Å². The molecule has 0 heterocycles. The monoisotopic (exact) mass is 232 g/mol. The van der Waals surface area contributed by atoms with Crippen LogP contribution in [0.5, 0.6) is 0 Å². The van der Waals surface area contributed by atoms with Crippen LogP contribution in [0.25, 0.3) is 0 Å². The molecule has 0 aliphatic heterocycles. The van der Waals surface area contributed by atoms with Crippen molar-refractivity contribution >= 4 is 15.9 Å². The van der Waals surface area contributed by atoms with E-state index in [0.717, 1.165) is 11.8 Å². The SMILES string of the molecule is CC(Br)CC(C)C1CCCCC1. The normalized spacial score (nSPS) is 25.2. The van der Waals surface area contributed by atoms with Crippen LogP contribution >= 0.6 is 15.9 Å². The van der Waals surface area contributed by atoms with Crippen LogP contribution in [0.3, 0.4) is 0 Å². The molecule has 1 aliphatic carbocycles. The third-order valence-electron chi connectivity index (χ3n) is 3.15. The Morgan fingerprint density at radius 2 is 1.75 bits per heavy atom. The molecule has 0 spiro atoms. The molecule has 72 valence electrons. The molecule has 0 aromatic rings. The number of rotatable bonds is 3. The van der Waals surface area contributed by atoms with Crippen LogP contribution in [-0.2, 0) is 0 Å². The highest BCUT2D eigenvalue weighted by atomic mass is 79.9. The highest BCUT2D eigenvalue weighted by Gasteiger charge is 2.20. The van der Waals surface area contributed by atoms with Crippen molar-refractivity contribution in [3.63, 3.8) is 0 Å². The molecule has 0 aromatic heterocycles. The Morgan fingerprint density at radius 1 is 1.17 bits per heavy atom. The molecule has 0 nitrogen and oxygen atoms in total. The van der Waals surface area contributed by atoms with Gasteiger partial charge in [0.05, 0.1) is 0 Å².